The number of amides is 1. The molecule has 4 nitrogen and oxygen atoms in total. The van der Waals surface area contributed by atoms with Crippen LogP contribution < -0.4 is 5.32 Å². The zero-order valence-corrected chi connectivity index (χ0v) is 14.5. The topological polar surface area (TPSA) is 46.4 Å². The van der Waals surface area contributed by atoms with Crippen LogP contribution in [0, 0.1) is 5.82 Å². The molecule has 0 atom stereocenters. The number of fused-ring (bicyclic) bond motifs is 1. The van der Waals surface area contributed by atoms with Crippen molar-refractivity contribution in [2.75, 3.05) is 5.32 Å². The molecule has 0 bridgehead atoms. The molecule has 124 valence electrons. The molecule has 3 aromatic heterocycles. The SMILES string of the molecule is O=C(/C=C/c1cccs1)Nc1c(-c2ccc(F)cc2)nc2sccn12. The standard InChI is InChI=1S/C18H12FN3OS2/c19-13-5-3-12(4-6-13)16-17(22-9-11-25-18(22)21-16)20-15(23)8-7-14-2-1-10-24-14/h1-11H,(H,20,23)/b8-7+. The highest BCUT2D eigenvalue weighted by molar-refractivity contribution is 7.15. The van der Waals surface area contributed by atoms with Crippen LogP contribution in [-0.2, 0) is 4.79 Å². The van der Waals surface area contributed by atoms with Crippen LogP contribution in [0.25, 0.3) is 22.3 Å². The highest BCUT2D eigenvalue weighted by Gasteiger charge is 2.16. The first-order valence-corrected chi connectivity index (χ1v) is 9.21. The predicted octanol–water partition coefficient (Wildman–Crippen LogP) is 4.92. The van der Waals surface area contributed by atoms with E-state index in [1.54, 1.807) is 29.5 Å². The molecular weight excluding hydrogens is 357 g/mol. The lowest BCUT2D eigenvalue weighted by Crippen LogP contribution is -2.10. The van der Waals surface area contributed by atoms with Crippen LogP contribution in [-0.4, -0.2) is 15.3 Å². The van der Waals surface area contributed by atoms with Crippen LogP contribution in [0.4, 0.5) is 10.2 Å². The number of imidazole rings is 1. The number of benzene rings is 1. The zero-order valence-electron chi connectivity index (χ0n) is 12.8. The number of anilines is 1. The summed E-state index contributed by atoms with van der Waals surface area (Å²) in [7, 11) is 0. The minimum atomic E-state index is -0.311. The van der Waals surface area contributed by atoms with E-state index >= 15 is 0 Å². The van der Waals surface area contributed by atoms with Gasteiger partial charge in [0.05, 0.1) is 0 Å². The molecule has 0 saturated carbocycles. The summed E-state index contributed by atoms with van der Waals surface area (Å²) in [4.78, 5) is 18.6. The Balaban J connectivity index is 1.68. The zero-order chi connectivity index (χ0) is 17.2. The number of aromatic nitrogens is 2. The number of carbonyl (C=O) groups is 1. The van der Waals surface area contributed by atoms with E-state index in [2.05, 4.69) is 10.3 Å². The van der Waals surface area contributed by atoms with Crippen molar-refractivity contribution in [3.63, 3.8) is 0 Å². The Morgan fingerprint density at radius 1 is 1.16 bits per heavy atom. The van der Waals surface area contributed by atoms with Crippen molar-refractivity contribution in [2.45, 2.75) is 0 Å². The number of hydrogen-bond donors (Lipinski definition) is 1. The molecule has 1 N–H and O–H groups in total. The second-order valence-corrected chi connectivity index (χ2v) is 7.06. The maximum absolute atomic E-state index is 13.2. The average Bonchev–Trinajstić information content (AvgIpc) is 3.32. The molecule has 0 aliphatic carbocycles. The fourth-order valence-corrected chi connectivity index (χ4v) is 3.75. The van der Waals surface area contributed by atoms with Gasteiger partial charge in [-0.1, -0.05) is 6.07 Å². The van der Waals surface area contributed by atoms with Crippen molar-refractivity contribution in [2.24, 2.45) is 0 Å². The van der Waals surface area contributed by atoms with Gasteiger partial charge in [-0.3, -0.25) is 9.20 Å². The molecule has 0 radical (unpaired) electrons. The summed E-state index contributed by atoms with van der Waals surface area (Å²) in [5, 5.41) is 6.74. The van der Waals surface area contributed by atoms with Gasteiger partial charge in [0.15, 0.2) is 4.96 Å². The molecule has 0 aliphatic heterocycles. The van der Waals surface area contributed by atoms with Crippen molar-refractivity contribution in [3.8, 4) is 11.3 Å². The van der Waals surface area contributed by atoms with E-state index in [1.807, 2.05) is 33.5 Å². The highest BCUT2D eigenvalue weighted by Crippen LogP contribution is 2.30. The van der Waals surface area contributed by atoms with Gasteiger partial charge in [0, 0.05) is 28.1 Å². The lowest BCUT2D eigenvalue weighted by molar-refractivity contribution is -0.111. The average molecular weight is 369 g/mol. The van der Waals surface area contributed by atoms with E-state index in [1.165, 1.54) is 29.5 Å². The normalized spacial score (nSPS) is 11.4. The third kappa shape index (κ3) is 3.24. The molecule has 1 amide bonds. The summed E-state index contributed by atoms with van der Waals surface area (Å²) in [5.41, 5.74) is 1.36. The number of nitrogens with zero attached hydrogens (tertiary/aromatic N) is 2. The maximum atomic E-state index is 13.2. The predicted molar refractivity (Wildman–Crippen MR) is 100 cm³/mol. The molecule has 0 spiro atoms. The van der Waals surface area contributed by atoms with Crippen LogP contribution >= 0.6 is 22.7 Å². The first kappa shape index (κ1) is 15.7. The second kappa shape index (κ2) is 6.62. The third-order valence-corrected chi connectivity index (χ3v) is 5.16. The van der Waals surface area contributed by atoms with E-state index < -0.39 is 0 Å². The van der Waals surface area contributed by atoms with Gasteiger partial charge in [-0.15, -0.1) is 22.7 Å². The van der Waals surface area contributed by atoms with Gasteiger partial charge in [0.1, 0.15) is 17.3 Å². The second-order valence-electron chi connectivity index (χ2n) is 5.21. The molecule has 0 aliphatic rings. The number of thiazole rings is 1. The molecule has 0 unspecified atom stereocenters. The number of thiophene rings is 1. The summed E-state index contributed by atoms with van der Waals surface area (Å²) < 4.78 is 15.0. The molecule has 4 aromatic rings. The van der Waals surface area contributed by atoms with Crippen molar-refractivity contribution >= 4 is 45.4 Å². The summed E-state index contributed by atoms with van der Waals surface area (Å²) in [6.07, 6.45) is 5.11. The summed E-state index contributed by atoms with van der Waals surface area (Å²) in [6, 6.07) is 9.93. The molecule has 3 heterocycles. The molecule has 4 rings (SSSR count). The van der Waals surface area contributed by atoms with E-state index in [0.29, 0.717) is 11.5 Å². The number of hydrogen-bond acceptors (Lipinski definition) is 4. The Bertz CT molecular complexity index is 1050. The Morgan fingerprint density at radius 3 is 2.76 bits per heavy atom. The van der Waals surface area contributed by atoms with E-state index in [4.69, 9.17) is 0 Å². The Labute approximate surface area is 150 Å². The number of halogens is 1. The minimum Gasteiger partial charge on any atom is -0.306 e. The Morgan fingerprint density at radius 2 is 2.00 bits per heavy atom. The smallest absolute Gasteiger partial charge is 0.249 e. The monoisotopic (exact) mass is 369 g/mol. The number of carbonyl (C=O) groups excluding carboxylic acids is 1. The van der Waals surface area contributed by atoms with E-state index in [-0.39, 0.29) is 11.7 Å². The van der Waals surface area contributed by atoms with Crippen molar-refractivity contribution in [1.82, 2.24) is 9.38 Å². The van der Waals surface area contributed by atoms with Crippen LogP contribution in [0.2, 0.25) is 0 Å². The molecule has 0 fully saturated rings. The first-order valence-electron chi connectivity index (χ1n) is 7.45. The molecular formula is C18H12FN3OS2. The maximum Gasteiger partial charge on any atom is 0.249 e. The van der Waals surface area contributed by atoms with Crippen molar-refractivity contribution in [1.29, 1.82) is 0 Å². The summed E-state index contributed by atoms with van der Waals surface area (Å²) >= 11 is 3.03. The Hall–Kier alpha value is -2.77. The van der Waals surface area contributed by atoms with Gasteiger partial charge in [-0.05, 0) is 41.8 Å². The van der Waals surface area contributed by atoms with E-state index in [9.17, 15) is 9.18 Å². The van der Waals surface area contributed by atoms with Crippen LogP contribution in [0.5, 0.6) is 0 Å². The van der Waals surface area contributed by atoms with Gasteiger partial charge < -0.3 is 5.32 Å². The lowest BCUT2D eigenvalue weighted by atomic mass is 10.1. The van der Waals surface area contributed by atoms with Crippen molar-refractivity contribution in [3.05, 3.63) is 70.1 Å². The number of nitrogens with one attached hydrogen (secondary N) is 1. The minimum absolute atomic E-state index is 0.246. The first-order chi connectivity index (χ1) is 12.2. The van der Waals surface area contributed by atoms with Gasteiger partial charge in [0.2, 0.25) is 5.91 Å². The third-order valence-electron chi connectivity index (χ3n) is 3.56. The highest BCUT2D eigenvalue weighted by atomic mass is 32.1. The summed E-state index contributed by atoms with van der Waals surface area (Å²) in [6.45, 7) is 0. The van der Waals surface area contributed by atoms with Crippen LogP contribution in [0.1, 0.15) is 4.88 Å². The van der Waals surface area contributed by atoms with Gasteiger partial charge in [-0.25, -0.2) is 9.37 Å². The molecule has 0 saturated heterocycles. The fraction of sp³-hybridized carbons (Fsp3) is 0. The fourth-order valence-electron chi connectivity index (χ4n) is 2.42. The van der Waals surface area contributed by atoms with Crippen LogP contribution in [0.3, 0.4) is 0 Å². The van der Waals surface area contributed by atoms with Crippen LogP contribution in [0.15, 0.2) is 59.4 Å². The Kier molecular flexibility index (Phi) is 4.17. The van der Waals surface area contributed by atoms with E-state index in [0.717, 1.165) is 15.4 Å². The van der Waals surface area contributed by atoms with Crippen molar-refractivity contribution < 1.29 is 9.18 Å². The largest absolute Gasteiger partial charge is 0.306 e. The molecule has 7 heteroatoms. The lowest BCUT2D eigenvalue weighted by Gasteiger charge is -2.05. The summed E-state index contributed by atoms with van der Waals surface area (Å²) in [5.74, 6) is 0.0164. The quantitative estimate of drug-likeness (QED) is 0.519. The van der Waals surface area contributed by atoms with Gasteiger partial charge in [-0.2, -0.15) is 0 Å². The molecule has 25 heavy (non-hydrogen) atoms. The van der Waals surface area contributed by atoms with Gasteiger partial charge >= 0.3 is 0 Å². The van der Waals surface area contributed by atoms with Gasteiger partial charge in [0.25, 0.3) is 0 Å². The molecule has 1 aromatic carbocycles. The number of rotatable bonds is 4.